The highest BCUT2D eigenvalue weighted by atomic mass is 16.1. The standard InChI is InChI=1S/C13H19N3O/c14-13(17)10-4-6-11(7-5-10)16-9-12-3-1-2-8-15-12/h4-7,12,15-16H,1-3,8-9H2,(H2,14,17). The first-order chi connectivity index (χ1) is 8.25. The molecule has 1 aliphatic heterocycles. The van der Waals surface area contributed by atoms with Gasteiger partial charge in [0.25, 0.3) is 0 Å². The topological polar surface area (TPSA) is 67.2 Å². The molecule has 4 heteroatoms. The van der Waals surface area contributed by atoms with E-state index in [1.807, 2.05) is 12.1 Å². The molecule has 17 heavy (non-hydrogen) atoms. The zero-order valence-electron chi connectivity index (χ0n) is 9.91. The van der Waals surface area contributed by atoms with Gasteiger partial charge in [-0.25, -0.2) is 0 Å². The summed E-state index contributed by atoms with van der Waals surface area (Å²) in [6.07, 6.45) is 3.82. The number of hydrogen-bond donors (Lipinski definition) is 3. The molecule has 0 spiro atoms. The Balaban J connectivity index is 1.84. The lowest BCUT2D eigenvalue weighted by Gasteiger charge is -2.24. The van der Waals surface area contributed by atoms with Crippen molar-refractivity contribution in [2.75, 3.05) is 18.4 Å². The predicted molar refractivity (Wildman–Crippen MR) is 69.1 cm³/mol. The fourth-order valence-corrected chi connectivity index (χ4v) is 2.09. The van der Waals surface area contributed by atoms with Crippen LogP contribution in [0.4, 0.5) is 5.69 Å². The normalized spacial score (nSPS) is 19.9. The van der Waals surface area contributed by atoms with E-state index < -0.39 is 0 Å². The third-order valence-corrected chi connectivity index (χ3v) is 3.13. The maximum atomic E-state index is 10.9. The van der Waals surface area contributed by atoms with Gasteiger partial charge < -0.3 is 16.4 Å². The van der Waals surface area contributed by atoms with Gasteiger partial charge in [0, 0.05) is 23.8 Å². The summed E-state index contributed by atoms with van der Waals surface area (Å²) >= 11 is 0. The molecule has 0 radical (unpaired) electrons. The monoisotopic (exact) mass is 233 g/mol. The van der Waals surface area contributed by atoms with E-state index in [9.17, 15) is 4.79 Å². The zero-order chi connectivity index (χ0) is 12.1. The number of carbonyl (C=O) groups is 1. The molecule has 1 amide bonds. The molecule has 1 heterocycles. The van der Waals surface area contributed by atoms with Crippen LogP contribution >= 0.6 is 0 Å². The molecule has 4 nitrogen and oxygen atoms in total. The van der Waals surface area contributed by atoms with Gasteiger partial charge in [0.05, 0.1) is 0 Å². The summed E-state index contributed by atoms with van der Waals surface area (Å²) in [5.41, 5.74) is 6.76. The SMILES string of the molecule is NC(=O)c1ccc(NCC2CCCCN2)cc1. The number of amides is 1. The molecule has 0 aliphatic carbocycles. The molecule has 1 atom stereocenters. The van der Waals surface area contributed by atoms with Gasteiger partial charge in [0.15, 0.2) is 0 Å². The number of primary amides is 1. The Morgan fingerprint density at radius 2 is 2.12 bits per heavy atom. The van der Waals surface area contributed by atoms with Gasteiger partial charge in [-0.05, 0) is 43.7 Å². The van der Waals surface area contributed by atoms with Crippen LogP contribution in [0.25, 0.3) is 0 Å². The van der Waals surface area contributed by atoms with Crippen molar-refractivity contribution in [1.29, 1.82) is 0 Å². The summed E-state index contributed by atoms with van der Waals surface area (Å²) in [6, 6.07) is 7.84. The van der Waals surface area contributed by atoms with E-state index in [4.69, 9.17) is 5.73 Å². The van der Waals surface area contributed by atoms with Crippen molar-refractivity contribution in [3.63, 3.8) is 0 Å². The van der Waals surface area contributed by atoms with Gasteiger partial charge in [0.2, 0.25) is 5.91 Å². The Hall–Kier alpha value is -1.55. The van der Waals surface area contributed by atoms with E-state index in [0.29, 0.717) is 11.6 Å². The van der Waals surface area contributed by atoms with Crippen molar-refractivity contribution in [2.45, 2.75) is 25.3 Å². The highest BCUT2D eigenvalue weighted by Crippen LogP contribution is 2.11. The van der Waals surface area contributed by atoms with Crippen molar-refractivity contribution in [3.8, 4) is 0 Å². The van der Waals surface area contributed by atoms with E-state index in [1.54, 1.807) is 12.1 Å². The number of hydrogen-bond acceptors (Lipinski definition) is 3. The third-order valence-electron chi connectivity index (χ3n) is 3.13. The first-order valence-corrected chi connectivity index (χ1v) is 6.13. The summed E-state index contributed by atoms with van der Waals surface area (Å²) in [7, 11) is 0. The molecule has 1 unspecified atom stereocenters. The van der Waals surface area contributed by atoms with Crippen LogP contribution in [0.2, 0.25) is 0 Å². The number of piperidine rings is 1. The minimum atomic E-state index is -0.384. The quantitative estimate of drug-likeness (QED) is 0.735. The molecule has 1 saturated heterocycles. The third kappa shape index (κ3) is 3.46. The molecule has 1 aromatic carbocycles. The number of rotatable bonds is 4. The summed E-state index contributed by atoms with van der Waals surface area (Å²) in [4.78, 5) is 10.9. The van der Waals surface area contributed by atoms with Crippen LogP contribution in [0.3, 0.4) is 0 Å². The average Bonchev–Trinajstić information content (AvgIpc) is 2.38. The number of nitrogens with two attached hydrogens (primary N) is 1. The van der Waals surface area contributed by atoms with E-state index in [2.05, 4.69) is 10.6 Å². The molecular weight excluding hydrogens is 214 g/mol. The van der Waals surface area contributed by atoms with Crippen molar-refractivity contribution in [1.82, 2.24) is 5.32 Å². The van der Waals surface area contributed by atoms with Crippen LogP contribution < -0.4 is 16.4 Å². The van der Waals surface area contributed by atoms with Crippen LogP contribution in [0.1, 0.15) is 29.6 Å². The summed E-state index contributed by atoms with van der Waals surface area (Å²) in [6.45, 7) is 2.04. The van der Waals surface area contributed by atoms with Crippen LogP contribution in [0.5, 0.6) is 0 Å². The molecule has 0 saturated carbocycles. The molecule has 4 N–H and O–H groups in total. The van der Waals surface area contributed by atoms with Gasteiger partial charge in [-0.2, -0.15) is 0 Å². The minimum absolute atomic E-state index is 0.384. The zero-order valence-corrected chi connectivity index (χ0v) is 9.91. The number of benzene rings is 1. The van der Waals surface area contributed by atoms with Crippen molar-refractivity contribution >= 4 is 11.6 Å². The maximum Gasteiger partial charge on any atom is 0.248 e. The second kappa shape index (κ2) is 5.68. The predicted octanol–water partition coefficient (Wildman–Crippen LogP) is 1.34. The van der Waals surface area contributed by atoms with E-state index >= 15 is 0 Å². The van der Waals surface area contributed by atoms with Gasteiger partial charge in [-0.3, -0.25) is 4.79 Å². The summed E-state index contributed by atoms with van der Waals surface area (Å²) in [5, 5.41) is 6.85. The Morgan fingerprint density at radius 3 is 2.71 bits per heavy atom. The Kier molecular flexibility index (Phi) is 3.98. The summed E-state index contributed by atoms with van der Waals surface area (Å²) in [5.74, 6) is -0.384. The maximum absolute atomic E-state index is 10.9. The molecule has 0 aromatic heterocycles. The molecule has 1 aliphatic rings. The number of nitrogens with one attached hydrogen (secondary N) is 2. The lowest BCUT2D eigenvalue weighted by molar-refractivity contribution is 0.100. The number of carbonyl (C=O) groups excluding carboxylic acids is 1. The van der Waals surface area contributed by atoms with Crippen LogP contribution in [-0.2, 0) is 0 Å². The average molecular weight is 233 g/mol. The highest BCUT2D eigenvalue weighted by Gasteiger charge is 2.11. The second-order valence-corrected chi connectivity index (χ2v) is 4.47. The largest absolute Gasteiger partial charge is 0.383 e. The Bertz CT molecular complexity index is 369. The Morgan fingerprint density at radius 1 is 1.35 bits per heavy atom. The van der Waals surface area contributed by atoms with Crippen LogP contribution in [0, 0.1) is 0 Å². The van der Waals surface area contributed by atoms with Gasteiger partial charge >= 0.3 is 0 Å². The number of anilines is 1. The molecule has 1 fully saturated rings. The second-order valence-electron chi connectivity index (χ2n) is 4.47. The molecule has 1 aromatic rings. The lowest BCUT2D eigenvalue weighted by atomic mass is 10.1. The fraction of sp³-hybridized carbons (Fsp3) is 0.462. The van der Waals surface area contributed by atoms with Crippen LogP contribution in [-0.4, -0.2) is 25.0 Å². The fourth-order valence-electron chi connectivity index (χ4n) is 2.09. The molecule has 0 bridgehead atoms. The van der Waals surface area contributed by atoms with E-state index in [0.717, 1.165) is 18.8 Å². The van der Waals surface area contributed by atoms with E-state index in [-0.39, 0.29) is 5.91 Å². The molecular formula is C13H19N3O. The highest BCUT2D eigenvalue weighted by molar-refractivity contribution is 5.93. The minimum Gasteiger partial charge on any atom is -0.383 e. The van der Waals surface area contributed by atoms with Gasteiger partial charge in [0.1, 0.15) is 0 Å². The smallest absolute Gasteiger partial charge is 0.248 e. The first kappa shape index (κ1) is 11.9. The molecule has 2 rings (SSSR count). The van der Waals surface area contributed by atoms with Crippen LogP contribution in [0.15, 0.2) is 24.3 Å². The van der Waals surface area contributed by atoms with Gasteiger partial charge in [-0.15, -0.1) is 0 Å². The van der Waals surface area contributed by atoms with Crippen molar-refractivity contribution < 1.29 is 4.79 Å². The molecule has 92 valence electrons. The lowest BCUT2D eigenvalue weighted by Crippen LogP contribution is -2.39. The van der Waals surface area contributed by atoms with Crippen molar-refractivity contribution in [3.05, 3.63) is 29.8 Å². The van der Waals surface area contributed by atoms with Crippen molar-refractivity contribution in [2.24, 2.45) is 5.73 Å². The summed E-state index contributed by atoms with van der Waals surface area (Å²) < 4.78 is 0. The first-order valence-electron chi connectivity index (χ1n) is 6.13. The van der Waals surface area contributed by atoms with Gasteiger partial charge in [-0.1, -0.05) is 6.42 Å². The Labute approximate surface area is 102 Å². The van der Waals surface area contributed by atoms with E-state index in [1.165, 1.54) is 19.3 Å².